The van der Waals surface area contributed by atoms with Crippen LogP contribution in [0, 0.1) is 0 Å². The van der Waals surface area contributed by atoms with Crippen molar-refractivity contribution in [3.8, 4) is 22.3 Å². The van der Waals surface area contributed by atoms with Gasteiger partial charge in [0, 0.05) is 10.8 Å². The van der Waals surface area contributed by atoms with E-state index in [1.807, 2.05) is 12.1 Å². The predicted molar refractivity (Wildman–Crippen MR) is 140 cm³/mol. The Balaban J connectivity index is 1.36. The van der Waals surface area contributed by atoms with Gasteiger partial charge in [0.05, 0.1) is 0 Å². The molecule has 7 rings (SSSR count). The van der Waals surface area contributed by atoms with Crippen molar-refractivity contribution < 1.29 is 4.42 Å². The first kappa shape index (κ1) is 18.2. The van der Waals surface area contributed by atoms with Crippen LogP contribution in [0.25, 0.3) is 65.7 Å². The molecule has 0 aliphatic rings. The van der Waals surface area contributed by atoms with E-state index in [2.05, 4.69) is 109 Å². The molecular formula is C32H20O. The van der Waals surface area contributed by atoms with Crippen molar-refractivity contribution in [1.29, 1.82) is 0 Å². The second-order valence-electron chi connectivity index (χ2n) is 8.58. The van der Waals surface area contributed by atoms with E-state index in [0.717, 1.165) is 21.9 Å². The van der Waals surface area contributed by atoms with E-state index in [0.29, 0.717) is 0 Å². The lowest BCUT2D eigenvalue weighted by atomic mass is 9.92. The summed E-state index contributed by atoms with van der Waals surface area (Å²) in [5.41, 5.74) is 6.77. The number of para-hydroxylation sites is 1. The van der Waals surface area contributed by atoms with E-state index in [4.69, 9.17) is 4.42 Å². The zero-order chi connectivity index (χ0) is 21.8. The van der Waals surface area contributed by atoms with Crippen LogP contribution in [0.15, 0.2) is 126 Å². The van der Waals surface area contributed by atoms with Crippen molar-refractivity contribution in [3.05, 3.63) is 121 Å². The molecule has 6 aromatic carbocycles. The average Bonchev–Trinajstić information content (AvgIpc) is 3.26. The van der Waals surface area contributed by atoms with Crippen LogP contribution in [0.2, 0.25) is 0 Å². The van der Waals surface area contributed by atoms with Gasteiger partial charge in [-0.3, -0.25) is 0 Å². The summed E-state index contributed by atoms with van der Waals surface area (Å²) in [6, 6.07) is 43.3. The smallest absolute Gasteiger partial charge is 0.135 e. The van der Waals surface area contributed by atoms with E-state index in [1.165, 1.54) is 43.8 Å². The van der Waals surface area contributed by atoms with Crippen LogP contribution in [0.3, 0.4) is 0 Å². The molecule has 0 spiro atoms. The third-order valence-corrected chi connectivity index (χ3v) is 6.67. The van der Waals surface area contributed by atoms with Crippen LogP contribution in [-0.2, 0) is 0 Å². The van der Waals surface area contributed by atoms with Crippen LogP contribution in [0.4, 0.5) is 0 Å². The van der Waals surface area contributed by atoms with Crippen molar-refractivity contribution in [2.24, 2.45) is 0 Å². The number of rotatable bonds is 2. The predicted octanol–water partition coefficient (Wildman–Crippen LogP) is 9.23. The van der Waals surface area contributed by atoms with Crippen molar-refractivity contribution in [2.45, 2.75) is 0 Å². The summed E-state index contributed by atoms with van der Waals surface area (Å²) < 4.78 is 6.00. The SMILES string of the molecule is c1ccc2c(c1)cc(-c1ccc(-c3ccc4oc5ccccc5c4c3)cc1)c1ccccc12. The number of hydrogen-bond donors (Lipinski definition) is 0. The van der Waals surface area contributed by atoms with Crippen LogP contribution in [0.5, 0.6) is 0 Å². The Bertz CT molecular complexity index is 1800. The molecule has 154 valence electrons. The topological polar surface area (TPSA) is 13.1 Å². The lowest BCUT2D eigenvalue weighted by Gasteiger charge is -2.12. The van der Waals surface area contributed by atoms with Crippen LogP contribution in [0.1, 0.15) is 0 Å². The van der Waals surface area contributed by atoms with Gasteiger partial charge in [0.1, 0.15) is 11.2 Å². The van der Waals surface area contributed by atoms with E-state index in [1.54, 1.807) is 0 Å². The van der Waals surface area contributed by atoms with Gasteiger partial charge in [-0.1, -0.05) is 97.1 Å². The first-order valence-electron chi connectivity index (χ1n) is 11.3. The summed E-state index contributed by atoms with van der Waals surface area (Å²) in [5.74, 6) is 0. The van der Waals surface area contributed by atoms with Gasteiger partial charge in [0.2, 0.25) is 0 Å². The highest BCUT2D eigenvalue weighted by Crippen LogP contribution is 2.36. The van der Waals surface area contributed by atoms with Crippen LogP contribution >= 0.6 is 0 Å². The minimum atomic E-state index is 0.930. The van der Waals surface area contributed by atoms with Gasteiger partial charge in [-0.25, -0.2) is 0 Å². The van der Waals surface area contributed by atoms with Crippen molar-refractivity contribution in [1.82, 2.24) is 0 Å². The Hall–Kier alpha value is -4.36. The van der Waals surface area contributed by atoms with E-state index < -0.39 is 0 Å². The molecule has 0 saturated heterocycles. The van der Waals surface area contributed by atoms with Crippen molar-refractivity contribution in [2.75, 3.05) is 0 Å². The maximum Gasteiger partial charge on any atom is 0.135 e. The fourth-order valence-corrected chi connectivity index (χ4v) is 5.04. The summed E-state index contributed by atoms with van der Waals surface area (Å²) >= 11 is 0. The Morgan fingerprint density at radius 2 is 0.970 bits per heavy atom. The third kappa shape index (κ3) is 2.86. The van der Waals surface area contributed by atoms with Gasteiger partial charge < -0.3 is 4.42 Å². The van der Waals surface area contributed by atoms with Gasteiger partial charge in [-0.05, 0) is 68.1 Å². The molecule has 0 bridgehead atoms. The van der Waals surface area contributed by atoms with Crippen molar-refractivity contribution in [3.63, 3.8) is 0 Å². The molecule has 1 heteroatoms. The number of furan rings is 1. The van der Waals surface area contributed by atoms with Gasteiger partial charge in [0.15, 0.2) is 0 Å². The quantitative estimate of drug-likeness (QED) is 0.254. The number of benzene rings is 6. The minimum absolute atomic E-state index is 0.930. The zero-order valence-electron chi connectivity index (χ0n) is 18.0. The third-order valence-electron chi connectivity index (χ3n) is 6.67. The normalized spacial score (nSPS) is 11.6. The highest BCUT2D eigenvalue weighted by atomic mass is 16.3. The maximum absolute atomic E-state index is 6.00. The molecule has 0 amide bonds. The monoisotopic (exact) mass is 420 g/mol. The highest BCUT2D eigenvalue weighted by Gasteiger charge is 2.10. The van der Waals surface area contributed by atoms with E-state index in [9.17, 15) is 0 Å². The Kier molecular flexibility index (Phi) is 3.91. The first-order chi connectivity index (χ1) is 16.3. The Morgan fingerprint density at radius 3 is 1.82 bits per heavy atom. The molecule has 1 nitrogen and oxygen atoms in total. The molecule has 0 atom stereocenters. The van der Waals surface area contributed by atoms with Gasteiger partial charge in [-0.15, -0.1) is 0 Å². The summed E-state index contributed by atoms with van der Waals surface area (Å²) in [5, 5.41) is 7.48. The number of hydrogen-bond acceptors (Lipinski definition) is 1. The summed E-state index contributed by atoms with van der Waals surface area (Å²) in [6.45, 7) is 0. The largest absolute Gasteiger partial charge is 0.456 e. The van der Waals surface area contributed by atoms with Gasteiger partial charge in [0.25, 0.3) is 0 Å². The molecule has 0 N–H and O–H groups in total. The maximum atomic E-state index is 6.00. The molecule has 1 aromatic heterocycles. The standard InChI is InChI=1S/C32H20O/c1-2-8-25-24(7-1)20-29(27-10-4-3-9-26(25)27)22-15-13-21(14-16-22)23-17-18-32-30(19-23)28-11-5-6-12-31(28)33-32/h1-20H. The van der Waals surface area contributed by atoms with Crippen molar-refractivity contribution >= 4 is 43.5 Å². The lowest BCUT2D eigenvalue weighted by molar-refractivity contribution is 0.669. The molecule has 0 aliphatic heterocycles. The molecule has 0 aliphatic carbocycles. The second-order valence-corrected chi connectivity index (χ2v) is 8.58. The molecule has 0 radical (unpaired) electrons. The molecule has 0 unspecified atom stereocenters. The lowest BCUT2D eigenvalue weighted by Crippen LogP contribution is -1.85. The summed E-state index contributed by atoms with van der Waals surface area (Å²) in [7, 11) is 0. The molecule has 0 fully saturated rings. The first-order valence-corrected chi connectivity index (χ1v) is 11.3. The molecule has 0 saturated carbocycles. The molecular weight excluding hydrogens is 400 g/mol. The fourth-order valence-electron chi connectivity index (χ4n) is 5.04. The van der Waals surface area contributed by atoms with Gasteiger partial charge >= 0.3 is 0 Å². The molecule has 7 aromatic rings. The summed E-state index contributed by atoms with van der Waals surface area (Å²) in [4.78, 5) is 0. The Morgan fingerprint density at radius 1 is 0.364 bits per heavy atom. The van der Waals surface area contributed by atoms with Crippen LogP contribution in [-0.4, -0.2) is 0 Å². The Labute approximate surface area is 191 Å². The minimum Gasteiger partial charge on any atom is -0.456 e. The fraction of sp³-hybridized carbons (Fsp3) is 0. The highest BCUT2D eigenvalue weighted by molar-refractivity contribution is 6.13. The van der Waals surface area contributed by atoms with E-state index in [-0.39, 0.29) is 0 Å². The van der Waals surface area contributed by atoms with E-state index >= 15 is 0 Å². The van der Waals surface area contributed by atoms with Gasteiger partial charge in [-0.2, -0.15) is 0 Å². The van der Waals surface area contributed by atoms with Crippen LogP contribution < -0.4 is 0 Å². The second kappa shape index (κ2) is 7.08. The average molecular weight is 421 g/mol. The zero-order valence-corrected chi connectivity index (χ0v) is 18.0. The molecule has 33 heavy (non-hydrogen) atoms. The number of fused-ring (bicyclic) bond motifs is 6. The summed E-state index contributed by atoms with van der Waals surface area (Å²) in [6.07, 6.45) is 0. The molecule has 1 heterocycles.